The quantitative estimate of drug-likeness (QED) is 0.632. The fourth-order valence-corrected chi connectivity index (χ4v) is 0.767. The summed E-state index contributed by atoms with van der Waals surface area (Å²) in [6.07, 6.45) is -2.42. The molecule has 1 aromatic rings. The van der Waals surface area contributed by atoms with Crippen molar-refractivity contribution in [2.24, 2.45) is 5.73 Å². The predicted molar refractivity (Wildman–Crippen MR) is 47.4 cm³/mol. The van der Waals surface area contributed by atoms with Crippen molar-refractivity contribution in [3.63, 3.8) is 0 Å². The molecular formula is C9H11NO3. The minimum Gasteiger partial charge on any atom is -0.508 e. The van der Waals surface area contributed by atoms with E-state index in [0.717, 1.165) is 6.07 Å². The van der Waals surface area contributed by atoms with Crippen LogP contribution in [-0.2, 0) is 11.2 Å². The average Bonchev–Trinajstić information content (AvgIpc) is 2.20. The lowest BCUT2D eigenvalue weighted by molar-refractivity contribution is -0.138. The summed E-state index contributed by atoms with van der Waals surface area (Å²) < 4.78 is 22.6. The molecule has 0 aliphatic heterocycles. The van der Waals surface area contributed by atoms with E-state index < -0.39 is 18.4 Å². The minimum atomic E-state index is -2.42. The monoisotopic (exact) mass is 184 g/mol. The Morgan fingerprint density at radius 1 is 1.85 bits per heavy atom. The number of hydrogen-bond acceptors (Lipinski definition) is 3. The predicted octanol–water partition coefficient (Wildman–Crippen LogP) is 0.347. The van der Waals surface area contributed by atoms with E-state index in [9.17, 15) is 9.90 Å². The molecule has 0 unspecified atom stereocenters. The Bertz CT molecular complexity index is 422. The average molecular weight is 184 g/mol. The summed E-state index contributed by atoms with van der Waals surface area (Å²) in [5.74, 6) is -1.75. The summed E-state index contributed by atoms with van der Waals surface area (Å²) >= 11 is 0. The molecule has 4 N–H and O–H groups in total. The van der Waals surface area contributed by atoms with Crippen molar-refractivity contribution >= 4 is 5.97 Å². The lowest BCUT2D eigenvalue weighted by Crippen LogP contribution is -2.32. The smallest absolute Gasteiger partial charge is 0.320 e. The first-order valence-electron chi connectivity index (χ1n) is 5.05. The molecule has 0 aliphatic carbocycles. The summed E-state index contributed by atoms with van der Waals surface area (Å²) in [7, 11) is 0. The second-order valence-corrected chi connectivity index (χ2v) is 2.42. The third kappa shape index (κ3) is 2.76. The number of hydrogen-bond donors (Lipinski definition) is 3. The summed E-state index contributed by atoms with van der Waals surface area (Å²) in [6, 6.07) is 1.40. The molecule has 0 spiro atoms. The summed E-state index contributed by atoms with van der Waals surface area (Å²) in [4.78, 5) is 10.6. The first-order chi connectivity index (χ1) is 7.26. The third-order valence-corrected chi connectivity index (χ3v) is 1.36. The van der Waals surface area contributed by atoms with Gasteiger partial charge in [0.15, 0.2) is 0 Å². The van der Waals surface area contributed by atoms with Crippen molar-refractivity contribution in [1.82, 2.24) is 0 Å². The van der Waals surface area contributed by atoms with Gasteiger partial charge in [-0.25, -0.2) is 0 Å². The van der Waals surface area contributed by atoms with Crippen LogP contribution in [0.3, 0.4) is 0 Å². The second kappa shape index (κ2) is 3.91. The van der Waals surface area contributed by atoms with Crippen molar-refractivity contribution in [2.45, 2.75) is 12.4 Å². The number of benzene rings is 1. The van der Waals surface area contributed by atoms with Gasteiger partial charge in [0, 0.05) is 2.74 Å². The molecule has 0 amide bonds. The van der Waals surface area contributed by atoms with E-state index in [2.05, 4.69) is 0 Å². The highest BCUT2D eigenvalue weighted by Gasteiger charge is 2.11. The van der Waals surface area contributed by atoms with E-state index in [1.54, 1.807) is 0 Å². The number of rotatable bonds is 3. The zero-order valence-corrected chi connectivity index (χ0v) is 6.69. The number of nitrogens with two attached hydrogens (primary N) is 1. The molecule has 4 nitrogen and oxygen atoms in total. The topological polar surface area (TPSA) is 83.5 Å². The molecule has 0 heterocycles. The highest BCUT2D eigenvalue weighted by Crippen LogP contribution is 2.11. The van der Waals surface area contributed by atoms with Crippen molar-refractivity contribution in [3.8, 4) is 5.75 Å². The Balaban J connectivity index is 3.25. The zero-order chi connectivity index (χ0) is 12.5. The maximum Gasteiger partial charge on any atom is 0.320 e. The fraction of sp³-hybridized carbons (Fsp3) is 0.222. The Kier molecular flexibility index (Phi) is 1.80. The standard InChI is InChI=1S/C9H11NO3/c10-8(9(12)13)5-6-2-1-3-7(11)4-6/h1-4,8,11H,5,10H2,(H,12,13)/t8-/m0/s1/i2D,5D2. The van der Waals surface area contributed by atoms with Gasteiger partial charge >= 0.3 is 5.97 Å². The van der Waals surface area contributed by atoms with Gasteiger partial charge in [-0.1, -0.05) is 12.1 Å². The number of aromatic hydroxyl groups is 1. The van der Waals surface area contributed by atoms with E-state index in [1.807, 2.05) is 0 Å². The molecule has 4 heteroatoms. The minimum absolute atomic E-state index is 0.209. The van der Waals surface area contributed by atoms with Crippen molar-refractivity contribution in [2.75, 3.05) is 0 Å². The Hall–Kier alpha value is -1.55. The molecular weight excluding hydrogens is 170 g/mol. The summed E-state index contributed by atoms with van der Waals surface area (Å²) in [5, 5.41) is 17.8. The van der Waals surface area contributed by atoms with Gasteiger partial charge in [-0.05, 0) is 24.1 Å². The van der Waals surface area contributed by atoms with Crippen molar-refractivity contribution in [3.05, 3.63) is 29.8 Å². The molecule has 0 radical (unpaired) electrons. The SMILES string of the molecule is [2H]c1ccc(O)cc1C([2H])([2H])[C@H](N)C(=O)O. The number of aliphatic carboxylic acids is 1. The first kappa shape index (κ1) is 5.99. The highest BCUT2D eigenvalue weighted by atomic mass is 16.4. The maximum absolute atomic E-state index is 10.6. The van der Waals surface area contributed by atoms with E-state index in [1.165, 1.54) is 12.1 Å². The summed E-state index contributed by atoms with van der Waals surface area (Å²) in [6.45, 7) is 0. The molecule has 0 saturated carbocycles. The van der Waals surface area contributed by atoms with Gasteiger partial charge in [-0.3, -0.25) is 4.79 Å². The normalized spacial score (nSPS) is 16.8. The van der Waals surface area contributed by atoms with Crippen LogP contribution >= 0.6 is 0 Å². The molecule has 0 fully saturated rings. The second-order valence-electron chi connectivity index (χ2n) is 2.42. The number of carboxylic acid groups (broad SMARTS) is 1. The van der Waals surface area contributed by atoms with Crippen molar-refractivity contribution < 1.29 is 19.1 Å². The highest BCUT2D eigenvalue weighted by molar-refractivity contribution is 5.73. The zero-order valence-electron chi connectivity index (χ0n) is 9.69. The van der Waals surface area contributed by atoms with Crippen LogP contribution in [0, 0.1) is 0 Å². The van der Waals surface area contributed by atoms with Crippen LogP contribution < -0.4 is 5.73 Å². The fourth-order valence-electron chi connectivity index (χ4n) is 0.767. The van der Waals surface area contributed by atoms with Crippen LogP contribution in [-0.4, -0.2) is 22.2 Å². The van der Waals surface area contributed by atoms with Gasteiger partial charge < -0.3 is 15.9 Å². The molecule has 13 heavy (non-hydrogen) atoms. The van der Waals surface area contributed by atoms with Crippen LogP contribution in [0.15, 0.2) is 24.2 Å². The third-order valence-electron chi connectivity index (χ3n) is 1.36. The van der Waals surface area contributed by atoms with E-state index in [0.29, 0.717) is 0 Å². The lowest BCUT2D eigenvalue weighted by atomic mass is 10.1. The van der Waals surface area contributed by atoms with Crippen molar-refractivity contribution in [1.29, 1.82) is 0 Å². The molecule has 70 valence electrons. The van der Waals surface area contributed by atoms with Crippen LogP contribution in [0.25, 0.3) is 0 Å². The number of carboxylic acids is 1. The molecule has 0 bridgehead atoms. The van der Waals surface area contributed by atoms with Gasteiger partial charge in [0.1, 0.15) is 11.8 Å². The van der Waals surface area contributed by atoms with Crippen LogP contribution in [0.5, 0.6) is 5.75 Å². The van der Waals surface area contributed by atoms with E-state index in [4.69, 9.17) is 15.0 Å². The van der Waals surface area contributed by atoms with Gasteiger partial charge in [-0.2, -0.15) is 0 Å². The number of phenolic OH excluding ortho intramolecular Hbond substituents is 1. The van der Waals surface area contributed by atoms with E-state index in [-0.39, 0.29) is 17.4 Å². The molecule has 1 atom stereocenters. The Labute approximate surface area is 79.8 Å². The molecule has 1 rings (SSSR count). The molecule has 0 saturated heterocycles. The Morgan fingerprint density at radius 2 is 2.54 bits per heavy atom. The van der Waals surface area contributed by atoms with Gasteiger partial charge in [0.25, 0.3) is 0 Å². The first-order valence-corrected chi connectivity index (χ1v) is 3.55. The largest absolute Gasteiger partial charge is 0.508 e. The van der Waals surface area contributed by atoms with E-state index >= 15 is 0 Å². The van der Waals surface area contributed by atoms with Crippen LogP contribution in [0.1, 0.15) is 9.68 Å². The molecule has 0 aliphatic rings. The number of carbonyl (C=O) groups is 1. The molecule has 0 aromatic heterocycles. The summed E-state index contributed by atoms with van der Waals surface area (Å²) in [5.41, 5.74) is 4.96. The lowest BCUT2D eigenvalue weighted by Gasteiger charge is -2.05. The van der Waals surface area contributed by atoms with Gasteiger partial charge in [-0.15, -0.1) is 0 Å². The van der Waals surface area contributed by atoms with Gasteiger partial charge in [0.2, 0.25) is 0 Å². The van der Waals surface area contributed by atoms with Gasteiger partial charge in [0.05, 0.1) is 1.37 Å². The Morgan fingerprint density at radius 3 is 3.15 bits per heavy atom. The maximum atomic E-state index is 10.6. The number of phenols is 1. The van der Waals surface area contributed by atoms with Crippen LogP contribution in [0.2, 0.25) is 0 Å². The molecule has 1 aromatic carbocycles. The van der Waals surface area contributed by atoms with Crippen LogP contribution in [0.4, 0.5) is 0 Å².